The van der Waals surface area contributed by atoms with E-state index in [1.807, 2.05) is 25.1 Å². The van der Waals surface area contributed by atoms with Crippen LogP contribution in [0.3, 0.4) is 0 Å². The van der Waals surface area contributed by atoms with Gasteiger partial charge in [-0.2, -0.15) is 0 Å². The number of nitrogens with one attached hydrogen (secondary N) is 1. The van der Waals surface area contributed by atoms with E-state index in [4.69, 9.17) is 4.42 Å². The maximum atomic E-state index is 11.0. The highest BCUT2D eigenvalue weighted by Crippen LogP contribution is 2.16. The zero-order valence-corrected chi connectivity index (χ0v) is 7.91. The average molecular weight is 189 g/mol. The summed E-state index contributed by atoms with van der Waals surface area (Å²) in [5.74, 6) is 0. The molecule has 3 heteroatoms. The fraction of sp³-hybridized carbons (Fsp3) is 0.182. The normalized spacial score (nSPS) is 10.4. The van der Waals surface area contributed by atoms with E-state index in [0.29, 0.717) is 5.58 Å². The molecule has 0 amide bonds. The highest BCUT2D eigenvalue weighted by Gasteiger charge is 1.97. The summed E-state index contributed by atoms with van der Waals surface area (Å²) in [6.45, 7) is 2.87. The second-order valence-corrected chi connectivity index (χ2v) is 3.04. The van der Waals surface area contributed by atoms with Gasteiger partial charge in [0.05, 0.1) is 0 Å². The molecule has 0 atom stereocenters. The molecule has 0 aliphatic carbocycles. The summed E-state index contributed by atoms with van der Waals surface area (Å²) in [6.07, 6.45) is 0. The standard InChI is InChI=1S/C11H11NO2/c1-2-12-9-5-3-8-4-6-11(13)14-10(8)7-9/h3-7,12H,2H2,1H3. The van der Waals surface area contributed by atoms with Crippen molar-refractivity contribution >= 4 is 16.7 Å². The molecular formula is C11H11NO2. The Morgan fingerprint density at radius 3 is 2.86 bits per heavy atom. The van der Waals surface area contributed by atoms with Crippen molar-refractivity contribution in [1.82, 2.24) is 0 Å². The van der Waals surface area contributed by atoms with E-state index in [1.165, 1.54) is 6.07 Å². The van der Waals surface area contributed by atoms with Crippen LogP contribution in [-0.4, -0.2) is 6.54 Å². The molecule has 0 bridgehead atoms. The van der Waals surface area contributed by atoms with Crippen LogP contribution in [0.1, 0.15) is 6.92 Å². The first-order valence-electron chi connectivity index (χ1n) is 4.57. The Balaban J connectivity index is 2.58. The van der Waals surface area contributed by atoms with Crippen molar-refractivity contribution in [2.75, 3.05) is 11.9 Å². The van der Waals surface area contributed by atoms with E-state index in [0.717, 1.165) is 17.6 Å². The Kier molecular flexibility index (Phi) is 2.23. The maximum Gasteiger partial charge on any atom is 0.336 e. The van der Waals surface area contributed by atoms with Crippen LogP contribution in [-0.2, 0) is 0 Å². The molecule has 14 heavy (non-hydrogen) atoms. The van der Waals surface area contributed by atoms with Gasteiger partial charge in [-0.05, 0) is 25.1 Å². The number of benzene rings is 1. The van der Waals surface area contributed by atoms with Gasteiger partial charge in [0.2, 0.25) is 0 Å². The quantitative estimate of drug-likeness (QED) is 0.736. The summed E-state index contributed by atoms with van der Waals surface area (Å²) in [6, 6.07) is 8.91. The topological polar surface area (TPSA) is 42.2 Å². The molecule has 0 spiro atoms. The summed E-state index contributed by atoms with van der Waals surface area (Å²) in [4.78, 5) is 11.0. The lowest BCUT2D eigenvalue weighted by Crippen LogP contribution is -1.97. The maximum absolute atomic E-state index is 11.0. The van der Waals surface area contributed by atoms with Crippen LogP contribution in [0, 0.1) is 0 Å². The van der Waals surface area contributed by atoms with E-state index in [-0.39, 0.29) is 5.63 Å². The van der Waals surface area contributed by atoms with Crippen molar-refractivity contribution in [2.45, 2.75) is 6.92 Å². The Hall–Kier alpha value is -1.77. The van der Waals surface area contributed by atoms with Crippen molar-refractivity contribution in [2.24, 2.45) is 0 Å². The SMILES string of the molecule is CCNc1ccc2ccc(=O)oc2c1. The molecule has 0 saturated heterocycles. The van der Waals surface area contributed by atoms with Gasteiger partial charge in [0.25, 0.3) is 0 Å². The molecule has 1 heterocycles. The van der Waals surface area contributed by atoms with Crippen molar-refractivity contribution in [3.63, 3.8) is 0 Å². The average Bonchev–Trinajstić information content (AvgIpc) is 2.17. The lowest BCUT2D eigenvalue weighted by atomic mass is 10.2. The van der Waals surface area contributed by atoms with Gasteiger partial charge in [-0.1, -0.05) is 0 Å². The van der Waals surface area contributed by atoms with Gasteiger partial charge >= 0.3 is 5.63 Å². The third-order valence-electron chi connectivity index (χ3n) is 2.00. The van der Waals surface area contributed by atoms with Crippen LogP contribution in [0.25, 0.3) is 11.0 Å². The minimum Gasteiger partial charge on any atom is -0.423 e. The summed E-state index contributed by atoms with van der Waals surface area (Å²) in [5.41, 5.74) is 1.27. The second-order valence-electron chi connectivity index (χ2n) is 3.04. The van der Waals surface area contributed by atoms with Crippen molar-refractivity contribution in [1.29, 1.82) is 0 Å². The van der Waals surface area contributed by atoms with E-state index in [1.54, 1.807) is 6.07 Å². The largest absolute Gasteiger partial charge is 0.423 e. The fourth-order valence-electron chi connectivity index (χ4n) is 1.37. The predicted molar refractivity (Wildman–Crippen MR) is 56.6 cm³/mol. The third-order valence-corrected chi connectivity index (χ3v) is 2.00. The predicted octanol–water partition coefficient (Wildman–Crippen LogP) is 2.22. The Morgan fingerprint density at radius 1 is 1.29 bits per heavy atom. The van der Waals surface area contributed by atoms with Gasteiger partial charge in [-0.15, -0.1) is 0 Å². The minimum absolute atomic E-state index is 0.314. The van der Waals surface area contributed by atoms with Crippen LogP contribution in [0.15, 0.2) is 39.5 Å². The number of anilines is 1. The number of fused-ring (bicyclic) bond motifs is 1. The van der Waals surface area contributed by atoms with Gasteiger partial charge in [0.1, 0.15) is 5.58 Å². The summed E-state index contributed by atoms with van der Waals surface area (Å²) < 4.78 is 5.05. The molecule has 3 nitrogen and oxygen atoms in total. The Bertz CT molecular complexity index is 502. The van der Waals surface area contributed by atoms with E-state index in [9.17, 15) is 4.79 Å². The van der Waals surface area contributed by atoms with Crippen LogP contribution in [0.5, 0.6) is 0 Å². The molecule has 1 aromatic heterocycles. The Labute approximate surface area is 81.4 Å². The molecule has 1 N–H and O–H groups in total. The highest BCUT2D eigenvalue weighted by molar-refractivity contribution is 5.80. The summed E-state index contributed by atoms with van der Waals surface area (Å²) in [7, 11) is 0. The molecule has 2 aromatic rings. The molecule has 1 aromatic carbocycles. The Morgan fingerprint density at radius 2 is 2.07 bits per heavy atom. The lowest BCUT2D eigenvalue weighted by Gasteiger charge is -2.03. The fourth-order valence-corrected chi connectivity index (χ4v) is 1.37. The zero-order valence-electron chi connectivity index (χ0n) is 7.91. The van der Waals surface area contributed by atoms with Crippen LogP contribution in [0.4, 0.5) is 5.69 Å². The smallest absolute Gasteiger partial charge is 0.336 e. The van der Waals surface area contributed by atoms with E-state index in [2.05, 4.69) is 5.32 Å². The lowest BCUT2D eigenvalue weighted by molar-refractivity contribution is 0.561. The summed E-state index contributed by atoms with van der Waals surface area (Å²) in [5, 5.41) is 4.09. The highest BCUT2D eigenvalue weighted by atomic mass is 16.4. The van der Waals surface area contributed by atoms with Gasteiger partial charge in [0, 0.05) is 29.8 Å². The van der Waals surface area contributed by atoms with Crippen molar-refractivity contribution in [3.8, 4) is 0 Å². The molecule has 0 radical (unpaired) electrons. The van der Waals surface area contributed by atoms with Crippen molar-refractivity contribution < 1.29 is 4.42 Å². The van der Waals surface area contributed by atoms with Gasteiger partial charge < -0.3 is 9.73 Å². The monoisotopic (exact) mass is 189 g/mol. The van der Waals surface area contributed by atoms with E-state index < -0.39 is 0 Å². The van der Waals surface area contributed by atoms with E-state index >= 15 is 0 Å². The first kappa shape index (κ1) is 8.81. The minimum atomic E-state index is -0.314. The van der Waals surface area contributed by atoms with Crippen LogP contribution >= 0.6 is 0 Å². The van der Waals surface area contributed by atoms with Gasteiger partial charge in [-0.25, -0.2) is 4.79 Å². The van der Waals surface area contributed by atoms with Gasteiger partial charge in [-0.3, -0.25) is 0 Å². The molecule has 72 valence electrons. The molecule has 0 aliphatic rings. The molecule has 0 fully saturated rings. The third kappa shape index (κ3) is 1.62. The molecule has 0 unspecified atom stereocenters. The summed E-state index contributed by atoms with van der Waals surface area (Å²) >= 11 is 0. The van der Waals surface area contributed by atoms with Gasteiger partial charge in [0.15, 0.2) is 0 Å². The van der Waals surface area contributed by atoms with Crippen LogP contribution < -0.4 is 10.9 Å². The first-order chi connectivity index (χ1) is 6.79. The number of hydrogen-bond donors (Lipinski definition) is 1. The first-order valence-corrected chi connectivity index (χ1v) is 4.57. The zero-order chi connectivity index (χ0) is 9.97. The molecular weight excluding hydrogens is 178 g/mol. The molecule has 0 saturated carbocycles. The molecule has 0 aliphatic heterocycles. The number of rotatable bonds is 2. The molecule has 2 rings (SSSR count). The second kappa shape index (κ2) is 3.54. The van der Waals surface area contributed by atoms with Crippen molar-refractivity contribution in [3.05, 3.63) is 40.8 Å². The number of hydrogen-bond acceptors (Lipinski definition) is 3. The van der Waals surface area contributed by atoms with Crippen LogP contribution in [0.2, 0.25) is 0 Å².